The number of fused-ring (bicyclic) bond motifs is 1. The van der Waals surface area contributed by atoms with Crippen molar-refractivity contribution in [3.05, 3.63) is 24.3 Å². The number of nitrogens with zero attached hydrogens (tertiary/aromatic N) is 2. The van der Waals surface area contributed by atoms with Crippen LogP contribution in [0.3, 0.4) is 0 Å². The van der Waals surface area contributed by atoms with Crippen molar-refractivity contribution < 1.29 is 38.6 Å². The number of aromatic nitrogens is 1. The van der Waals surface area contributed by atoms with Gasteiger partial charge in [-0.3, -0.25) is 4.57 Å². The molecule has 0 bridgehead atoms. The number of anilines is 1. The maximum absolute atomic E-state index is 13.0. The van der Waals surface area contributed by atoms with Gasteiger partial charge < -0.3 is 24.3 Å². The lowest BCUT2D eigenvalue weighted by Gasteiger charge is -2.28. The molecule has 0 spiro atoms. The van der Waals surface area contributed by atoms with Crippen LogP contribution in [0.4, 0.5) is 20.1 Å². The molecule has 34 heavy (non-hydrogen) atoms. The first-order valence-corrected chi connectivity index (χ1v) is 10.8. The largest absolute Gasteiger partial charge is 0.506 e. The Hall–Kier alpha value is -3.05. The zero-order chi connectivity index (χ0) is 26.2. The molecule has 1 aromatic carbocycles. The molecule has 2 aromatic rings. The van der Waals surface area contributed by atoms with Gasteiger partial charge in [0.25, 0.3) is 0 Å². The Balaban J connectivity index is 2.69. The minimum atomic E-state index is -1.98. The number of hydrogen-bond donors (Lipinski definition) is 2. The summed E-state index contributed by atoms with van der Waals surface area (Å²) < 4.78 is 17.2. The van der Waals surface area contributed by atoms with Crippen LogP contribution < -0.4 is 10.5 Å². The fourth-order valence-electron chi connectivity index (χ4n) is 2.95. The van der Waals surface area contributed by atoms with Crippen molar-refractivity contribution in [2.45, 2.75) is 79.1 Å². The number of amides is 2. The summed E-state index contributed by atoms with van der Waals surface area (Å²) in [5.41, 5.74) is -2.55. The van der Waals surface area contributed by atoms with E-state index in [0.717, 1.165) is 9.47 Å². The average Bonchev–Trinajstić information content (AvgIpc) is 2.96. The van der Waals surface area contributed by atoms with Crippen molar-refractivity contribution in [3.8, 4) is 0 Å². The second-order valence-corrected chi connectivity index (χ2v) is 10.8. The molecule has 2 rings (SSSR count). The second-order valence-electron chi connectivity index (χ2n) is 10.8. The smallest absolute Gasteiger partial charge is 0.443 e. The average molecular weight is 476 g/mol. The highest BCUT2D eigenvalue weighted by molar-refractivity contribution is 6.59. The molecule has 2 amide bonds. The highest BCUT2D eigenvalue weighted by Crippen LogP contribution is 2.27. The van der Waals surface area contributed by atoms with Crippen LogP contribution in [-0.4, -0.2) is 56.8 Å². The Morgan fingerprint density at radius 2 is 1.26 bits per heavy atom. The third-order valence-corrected chi connectivity index (χ3v) is 4.07. The quantitative estimate of drug-likeness (QED) is 0.495. The maximum atomic E-state index is 13.0. The molecule has 10 nitrogen and oxygen atoms in total. The Kier molecular flexibility index (Phi) is 7.44. The monoisotopic (exact) mass is 476 g/mol. The lowest BCUT2D eigenvalue weighted by atomic mass is 9.86. The Morgan fingerprint density at radius 3 is 1.68 bits per heavy atom. The molecule has 1 heterocycles. The van der Waals surface area contributed by atoms with Gasteiger partial charge in [-0.2, -0.15) is 4.90 Å². The summed E-state index contributed by atoms with van der Waals surface area (Å²) in [5, 5.41) is 20.1. The fourth-order valence-corrected chi connectivity index (χ4v) is 2.95. The van der Waals surface area contributed by atoms with Crippen molar-refractivity contribution in [2.24, 2.45) is 0 Å². The number of carbonyl (C=O) groups excluding carboxylic acids is 3. The van der Waals surface area contributed by atoms with Gasteiger partial charge in [-0.05, 0) is 85.9 Å². The van der Waals surface area contributed by atoms with E-state index in [1.807, 2.05) is 0 Å². The van der Waals surface area contributed by atoms with E-state index < -0.39 is 42.2 Å². The number of ether oxygens (including phenoxy) is 3. The standard InChI is InChI=1S/C23H33BN2O8/c1-21(2,3)32-18(27)25(19(28)33-22(4,5)6)15-11-10-14-12-17(24(30)31)26(16(14)13-15)20(29)34-23(7,8)9/h10-13,30-31H,1-9H3. The summed E-state index contributed by atoms with van der Waals surface area (Å²) in [6, 6.07) is 5.76. The predicted octanol–water partition coefficient (Wildman–Crippen LogP) is 3.78. The van der Waals surface area contributed by atoms with Crippen LogP contribution in [-0.2, 0) is 14.2 Å². The molecule has 1 aromatic heterocycles. The molecule has 0 aliphatic carbocycles. The fraction of sp³-hybridized carbons (Fsp3) is 0.522. The number of hydrogen-bond acceptors (Lipinski definition) is 8. The van der Waals surface area contributed by atoms with Crippen LogP contribution in [0.15, 0.2) is 24.3 Å². The van der Waals surface area contributed by atoms with Gasteiger partial charge >= 0.3 is 25.4 Å². The van der Waals surface area contributed by atoms with E-state index >= 15 is 0 Å². The van der Waals surface area contributed by atoms with Gasteiger partial charge in [0.05, 0.1) is 16.8 Å². The van der Waals surface area contributed by atoms with Gasteiger partial charge in [0.1, 0.15) is 16.8 Å². The zero-order valence-corrected chi connectivity index (χ0v) is 21.1. The SMILES string of the molecule is CC(C)(C)OC(=O)N(C(=O)OC(C)(C)C)c1ccc2cc(B(O)O)n(C(=O)OC(C)(C)C)c2c1. The van der Waals surface area contributed by atoms with E-state index in [2.05, 4.69) is 0 Å². The minimum absolute atomic E-state index is 0.0536. The molecule has 0 atom stereocenters. The summed E-state index contributed by atoms with van der Waals surface area (Å²) in [4.78, 5) is 39.6. The van der Waals surface area contributed by atoms with Gasteiger partial charge in [-0.15, -0.1) is 0 Å². The van der Waals surface area contributed by atoms with Gasteiger partial charge in [0.2, 0.25) is 0 Å². The predicted molar refractivity (Wildman–Crippen MR) is 128 cm³/mol. The van der Waals surface area contributed by atoms with Crippen LogP contribution in [0.1, 0.15) is 62.3 Å². The lowest BCUT2D eigenvalue weighted by Crippen LogP contribution is -2.44. The third kappa shape index (κ3) is 6.98. The molecular formula is C23H33BN2O8. The lowest BCUT2D eigenvalue weighted by molar-refractivity contribution is 0.0429. The highest BCUT2D eigenvalue weighted by Gasteiger charge is 2.34. The second kappa shape index (κ2) is 9.30. The summed E-state index contributed by atoms with van der Waals surface area (Å²) >= 11 is 0. The number of rotatable bonds is 2. The van der Waals surface area contributed by atoms with Gasteiger partial charge in [0.15, 0.2) is 0 Å². The molecule has 11 heteroatoms. The van der Waals surface area contributed by atoms with Crippen LogP contribution in [0.25, 0.3) is 10.9 Å². The summed E-state index contributed by atoms with van der Waals surface area (Å²) in [6.45, 7) is 15.0. The van der Waals surface area contributed by atoms with Crippen molar-refractivity contribution in [3.63, 3.8) is 0 Å². The number of imide groups is 1. The van der Waals surface area contributed by atoms with Crippen LogP contribution in [0.2, 0.25) is 0 Å². The van der Waals surface area contributed by atoms with E-state index in [9.17, 15) is 24.4 Å². The molecular weight excluding hydrogens is 443 g/mol. The highest BCUT2D eigenvalue weighted by atomic mass is 16.6. The molecule has 2 N–H and O–H groups in total. The molecule has 0 saturated carbocycles. The molecule has 0 fully saturated rings. The minimum Gasteiger partial charge on any atom is -0.443 e. The van der Waals surface area contributed by atoms with E-state index in [4.69, 9.17) is 14.2 Å². The van der Waals surface area contributed by atoms with Crippen molar-refractivity contribution >= 4 is 47.6 Å². The van der Waals surface area contributed by atoms with Crippen LogP contribution >= 0.6 is 0 Å². The maximum Gasteiger partial charge on any atom is 0.506 e. The first kappa shape index (κ1) is 27.2. The number of carbonyl (C=O) groups is 3. The van der Waals surface area contributed by atoms with E-state index in [-0.39, 0.29) is 16.8 Å². The van der Waals surface area contributed by atoms with Crippen LogP contribution in [0.5, 0.6) is 0 Å². The normalized spacial score (nSPS) is 12.3. The van der Waals surface area contributed by atoms with Crippen molar-refractivity contribution in [2.75, 3.05) is 4.90 Å². The summed E-state index contributed by atoms with van der Waals surface area (Å²) in [6.07, 6.45) is -2.80. The summed E-state index contributed by atoms with van der Waals surface area (Å²) in [5.74, 6) is 0. The Labute approximate surface area is 199 Å². The first-order valence-electron chi connectivity index (χ1n) is 10.8. The van der Waals surface area contributed by atoms with Crippen LogP contribution in [0, 0.1) is 0 Å². The Bertz CT molecular complexity index is 1060. The van der Waals surface area contributed by atoms with Gasteiger partial charge in [0, 0.05) is 0 Å². The Morgan fingerprint density at radius 1 is 0.794 bits per heavy atom. The molecule has 0 aliphatic rings. The molecule has 0 unspecified atom stereocenters. The number of benzene rings is 1. The molecule has 0 saturated heterocycles. The third-order valence-electron chi connectivity index (χ3n) is 4.07. The van der Waals surface area contributed by atoms with E-state index in [1.54, 1.807) is 62.3 Å². The summed E-state index contributed by atoms with van der Waals surface area (Å²) in [7, 11) is -1.98. The molecule has 0 radical (unpaired) electrons. The zero-order valence-electron chi connectivity index (χ0n) is 21.1. The molecule has 186 valence electrons. The van der Waals surface area contributed by atoms with Gasteiger partial charge in [-0.1, -0.05) is 6.07 Å². The first-order chi connectivity index (χ1) is 15.3. The van der Waals surface area contributed by atoms with Crippen molar-refractivity contribution in [1.82, 2.24) is 4.57 Å². The van der Waals surface area contributed by atoms with E-state index in [0.29, 0.717) is 5.39 Å². The molecule has 0 aliphatic heterocycles. The topological polar surface area (TPSA) is 128 Å². The van der Waals surface area contributed by atoms with Gasteiger partial charge in [-0.25, -0.2) is 14.4 Å². The van der Waals surface area contributed by atoms with Crippen molar-refractivity contribution in [1.29, 1.82) is 0 Å². The van der Waals surface area contributed by atoms with E-state index in [1.165, 1.54) is 24.3 Å².